The maximum Gasteiger partial charge on any atom is 0.269 e. The molecular weight excluding hydrogens is 243 g/mol. The number of carbonyl (C=O) groups is 1. The van der Waals surface area contributed by atoms with Crippen LogP contribution in [0.1, 0.15) is 36.7 Å². The number of nitrogens with one attached hydrogen (secondary N) is 1. The Hall–Kier alpha value is -1.97. The van der Waals surface area contributed by atoms with E-state index in [1.54, 1.807) is 18.2 Å². The summed E-state index contributed by atoms with van der Waals surface area (Å²) in [5.41, 5.74) is 0.998. The van der Waals surface area contributed by atoms with Crippen LogP contribution >= 0.6 is 0 Å². The summed E-state index contributed by atoms with van der Waals surface area (Å²) in [4.78, 5) is 16.1. The second-order valence-electron chi connectivity index (χ2n) is 4.50. The first-order valence-corrected chi connectivity index (χ1v) is 6.55. The van der Waals surface area contributed by atoms with Gasteiger partial charge in [0.2, 0.25) is 0 Å². The minimum atomic E-state index is -0.300. The van der Waals surface area contributed by atoms with Crippen LogP contribution in [-0.2, 0) is 0 Å². The molecule has 0 spiro atoms. The number of rotatable bonds is 5. The number of benzene rings is 1. The molecule has 0 aliphatic carbocycles. The van der Waals surface area contributed by atoms with Crippen LogP contribution in [0, 0.1) is 5.82 Å². The van der Waals surface area contributed by atoms with Crippen LogP contribution in [0.3, 0.4) is 0 Å². The van der Waals surface area contributed by atoms with Crippen molar-refractivity contribution < 1.29 is 9.18 Å². The highest BCUT2D eigenvalue weighted by Gasteiger charge is 2.07. The van der Waals surface area contributed by atoms with Gasteiger partial charge in [0, 0.05) is 11.9 Å². The van der Waals surface area contributed by atoms with Gasteiger partial charge in [-0.1, -0.05) is 25.8 Å². The predicted octanol–water partition coefficient (Wildman–Crippen LogP) is 3.29. The summed E-state index contributed by atoms with van der Waals surface area (Å²) in [7, 11) is 0. The number of aromatic nitrogens is 1. The molecule has 3 nitrogen and oxygen atoms in total. The number of amides is 1. The molecule has 2 rings (SSSR count). The minimum Gasteiger partial charge on any atom is -0.351 e. The van der Waals surface area contributed by atoms with E-state index in [2.05, 4.69) is 17.2 Å². The highest BCUT2D eigenvalue weighted by atomic mass is 19.1. The van der Waals surface area contributed by atoms with Crippen LogP contribution in [0.2, 0.25) is 0 Å². The summed E-state index contributed by atoms with van der Waals surface area (Å²) < 4.78 is 13.0. The van der Waals surface area contributed by atoms with Crippen molar-refractivity contribution in [2.24, 2.45) is 0 Å². The Labute approximate surface area is 111 Å². The summed E-state index contributed by atoms with van der Waals surface area (Å²) in [6.07, 6.45) is 3.20. The topological polar surface area (TPSA) is 42.0 Å². The number of carbonyl (C=O) groups excluding carboxylic acids is 1. The molecule has 1 aromatic carbocycles. The van der Waals surface area contributed by atoms with Crippen LogP contribution in [0.15, 0.2) is 30.3 Å². The van der Waals surface area contributed by atoms with Crippen molar-refractivity contribution >= 4 is 16.8 Å². The molecule has 100 valence electrons. The molecule has 0 aliphatic rings. The fourth-order valence-corrected chi connectivity index (χ4v) is 1.89. The van der Waals surface area contributed by atoms with Gasteiger partial charge in [0.15, 0.2) is 0 Å². The van der Waals surface area contributed by atoms with Gasteiger partial charge in [-0.05, 0) is 30.7 Å². The third-order valence-corrected chi connectivity index (χ3v) is 2.95. The lowest BCUT2D eigenvalue weighted by atomic mass is 10.2. The van der Waals surface area contributed by atoms with Crippen molar-refractivity contribution in [3.8, 4) is 0 Å². The van der Waals surface area contributed by atoms with E-state index >= 15 is 0 Å². The molecule has 0 radical (unpaired) electrons. The van der Waals surface area contributed by atoms with Crippen LogP contribution in [0.5, 0.6) is 0 Å². The van der Waals surface area contributed by atoms with E-state index in [4.69, 9.17) is 0 Å². The third kappa shape index (κ3) is 3.50. The van der Waals surface area contributed by atoms with Gasteiger partial charge in [-0.3, -0.25) is 4.79 Å². The molecule has 1 heterocycles. The highest BCUT2D eigenvalue weighted by molar-refractivity contribution is 5.94. The molecule has 0 saturated heterocycles. The summed E-state index contributed by atoms with van der Waals surface area (Å²) in [6, 6.07) is 7.67. The lowest BCUT2D eigenvalue weighted by Gasteiger charge is -2.05. The van der Waals surface area contributed by atoms with Crippen LogP contribution < -0.4 is 5.32 Å². The Morgan fingerprint density at radius 3 is 2.89 bits per heavy atom. The highest BCUT2D eigenvalue weighted by Crippen LogP contribution is 2.14. The molecule has 1 amide bonds. The maximum absolute atomic E-state index is 13.0. The van der Waals surface area contributed by atoms with Gasteiger partial charge >= 0.3 is 0 Å². The van der Waals surface area contributed by atoms with E-state index in [0.29, 0.717) is 23.1 Å². The summed E-state index contributed by atoms with van der Waals surface area (Å²) in [5, 5.41) is 3.53. The molecule has 0 bridgehead atoms. The SMILES string of the molecule is CCCCCNC(=O)c1ccc2cc(F)ccc2n1. The van der Waals surface area contributed by atoms with E-state index in [0.717, 1.165) is 19.3 Å². The number of nitrogens with zero attached hydrogens (tertiary/aromatic N) is 1. The monoisotopic (exact) mass is 260 g/mol. The Kier molecular flexibility index (Phi) is 4.44. The number of halogens is 1. The average Bonchev–Trinajstić information content (AvgIpc) is 2.42. The minimum absolute atomic E-state index is 0.178. The fourth-order valence-electron chi connectivity index (χ4n) is 1.89. The van der Waals surface area contributed by atoms with Gasteiger partial charge < -0.3 is 5.32 Å². The fraction of sp³-hybridized carbons (Fsp3) is 0.333. The van der Waals surface area contributed by atoms with E-state index < -0.39 is 0 Å². The predicted molar refractivity (Wildman–Crippen MR) is 73.6 cm³/mol. The van der Waals surface area contributed by atoms with E-state index in [1.807, 2.05) is 0 Å². The number of fused-ring (bicyclic) bond motifs is 1. The molecule has 0 atom stereocenters. The molecule has 4 heteroatoms. The first-order chi connectivity index (χ1) is 9.20. The van der Waals surface area contributed by atoms with Gasteiger partial charge in [-0.2, -0.15) is 0 Å². The second-order valence-corrected chi connectivity index (χ2v) is 4.50. The normalized spacial score (nSPS) is 10.6. The molecule has 0 unspecified atom stereocenters. The van der Waals surface area contributed by atoms with E-state index in [1.165, 1.54) is 12.1 Å². The summed E-state index contributed by atoms with van der Waals surface area (Å²) in [6.45, 7) is 2.78. The maximum atomic E-state index is 13.0. The van der Waals surface area contributed by atoms with Crippen molar-refractivity contribution in [2.75, 3.05) is 6.54 Å². The molecule has 1 aromatic heterocycles. The average molecular weight is 260 g/mol. The van der Waals surface area contributed by atoms with Gasteiger partial charge in [-0.15, -0.1) is 0 Å². The second kappa shape index (κ2) is 6.27. The van der Waals surface area contributed by atoms with Gasteiger partial charge in [0.1, 0.15) is 11.5 Å². The largest absolute Gasteiger partial charge is 0.351 e. The van der Waals surface area contributed by atoms with E-state index in [9.17, 15) is 9.18 Å². The van der Waals surface area contributed by atoms with Crippen molar-refractivity contribution in [1.82, 2.24) is 10.3 Å². The van der Waals surface area contributed by atoms with Crippen molar-refractivity contribution in [3.05, 3.63) is 41.8 Å². The molecule has 0 aliphatic heterocycles. The zero-order valence-corrected chi connectivity index (χ0v) is 10.9. The number of hydrogen-bond donors (Lipinski definition) is 1. The molecule has 19 heavy (non-hydrogen) atoms. The van der Waals surface area contributed by atoms with Gasteiger partial charge in [0.25, 0.3) is 5.91 Å². The Morgan fingerprint density at radius 1 is 1.26 bits per heavy atom. The zero-order valence-electron chi connectivity index (χ0n) is 10.9. The van der Waals surface area contributed by atoms with Gasteiger partial charge in [0.05, 0.1) is 5.52 Å². The van der Waals surface area contributed by atoms with Crippen molar-refractivity contribution in [3.63, 3.8) is 0 Å². The number of unbranched alkanes of at least 4 members (excludes halogenated alkanes) is 2. The Morgan fingerprint density at radius 2 is 2.11 bits per heavy atom. The molecule has 0 fully saturated rings. The Balaban J connectivity index is 2.08. The van der Waals surface area contributed by atoms with Crippen molar-refractivity contribution in [2.45, 2.75) is 26.2 Å². The summed E-state index contributed by atoms with van der Waals surface area (Å²) >= 11 is 0. The first kappa shape index (κ1) is 13.5. The molecule has 1 N–H and O–H groups in total. The number of hydrogen-bond acceptors (Lipinski definition) is 2. The van der Waals surface area contributed by atoms with Gasteiger partial charge in [-0.25, -0.2) is 9.37 Å². The standard InChI is InChI=1S/C15H17FN2O/c1-2-3-4-9-17-15(19)14-7-5-11-10-12(16)6-8-13(11)18-14/h5-8,10H,2-4,9H2,1H3,(H,17,19). The number of pyridine rings is 1. The Bertz CT molecular complexity index is 583. The van der Waals surface area contributed by atoms with Crippen LogP contribution in [-0.4, -0.2) is 17.4 Å². The van der Waals surface area contributed by atoms with Crippen molar-refractivity contribution in [1.29, 1.82) is 0 Å². The molecule has 2 aromatic rings. The quantitative estimate of drug-likeness (QED) is 0.838. The molecule has 0 saturated carbocycles. The lowest BCUT2D eigenvalue weighted by Crippen LogP contribution is -2.25. The van der Waals surface area contributed by atoms with Crippen LogP contribution in [0.25, 0.3) is 10.9 Å². The first-order valence-electron chi connectivity index (χ1n) is 6.55. The summed E-state index contributed by atoms with van der Waals surface area (Å²) in [5.74, 6) is -0.478. The molecular formula is C15H17FN2O. The third-order valence-electron chi connectivity index (χ3n) is 2.95. The zero-order chi connectivity index (χ0) is 13.7. The lowest BCUT2D eigenvalue weighted by molar-refractivity contribution is 0.0948. The smallest absolute Gasteiger partial charge is 0.269 e. The van der Waals surface area contributed by atoms with Crippen LogP contribution in [0.4, 0.5) is 4.39 Å². The van der Waals surface area contributed by atoms with E-state index in [-0.39, 0.29) is 11.7 Å².